The molecule has 1 saturated heterocycles. The first-order chi connectivity index (χ1) is 15.9. The lowest BCUT2D eigenvalue weighted by Gasteiger charge is -2.31. The van der Waals surface area contributed by atoms with Gasteiger partial charge >= 0.3 is 0 Å². The largest absolute Gasteiger partial charge is 0.369 e. The van der Waals surface area contributed by atoms with E-state index in [-0.39, 0.29) is 30.1 Å². The first-order valence-corrected chi connectivity index (χ1v) is 11.1. The number of aromatic nitrogens is 1. The molecule has 0 atom stereocenters. The van der Waals surface area contributed by atoms with Crippen LogP contribution in [0.15, 0.2) is 66.9 Å². The Morgan fingerprint density at radius 1 is 1.03 bits per heavy atom. The second-order valence-electron chi connectivity index (χ2n) is 8.06. The van der Waals surface area contributed by atoms with Gasteiger partial charge in [-0.15, -0.1) is 0 Å². The number of hydrogen-bond donors (Lipinski definition) is 1. The van der Waals surface area contributed by atoms with Crippen LogP contribution in [0.5, 0.6) is 0 Å². The number of carbonyl (C=O) groups excluding carboxylic acids is 2. The van der Waals surface area contributed by atoms with Gasteiger partial charge in [0.2, 0.25) is 5.91 Å². The molecule has 2 heterocycles. The lowest BCUT2D eigenvalue weighted by Crippen LogP contribution is -2.38. The van der Waals surface area contributed by atoms with Crippen LogP contribution in [0.3, 0.4) is 0 Å². The normalized spacial score (nSPS) is 14.2. The molecule has 170 valence electrons. The van der Waals surface area contributed by atoms with Gasteiger partial charge in [-0.3, -0.25) is 9.59 Å². The number of pyridine rings is 1. The van der Waals surface area contributed by atoms with Crippen molar-refractivity contribution in [2.75, 3.05) is 22.9 Å². The Labute approximate surface area is 196 Å². The zero-order valence-electron chi connectivity index (χ0n) is 18.0. The Morgan fingerprint density at radius 2 is 1.70 bits per heavy atom. The molecule has 1 aliphatic heterocycles. The molecule has 0 bridgehead atoms. The van der Waals surface area contributed by atoms with Gasteiger partial charge in [-0.2, -0.15) is 0 Å². The van der Waals surface area contributed by atoms with Gasteiger partial charge < -0.3 is 15.5 Å². The smallest absolute Gasteiger partial charge is 0.258 e. The summed E-state index contributed by atoms with van der Waals surface area (Å²) in [6.07, 6.45) is 3.17. The highest BCUT2D eigenvalue weighted by atomic mass is 35.5. The van der Waals surface area contributed by atoms with E-state index in [9.17, 15) is 14.0 Å². The van der Waals surface area contributed by atoms with Crippen molar-refractivity contribution in [1.29, 1.82) is 0 Å². The molecular weight excluding hydrogens is 443 g/mol. The summed E-state index contributed by atoms with van der Waals surface area (Å²) >= 11 is 5.96. The second-order valence-corrected chi connectivity index (χ2v) is 8.50. The van der Waals surface area contributed by atoms with Crippen LogP contribution >= 0.6 is 11.6 Å². The van der Waals surface area contributed by atoms with E-state index in [2.05, 4.69) is 9.88 Å². The van der Waals surface area contributed by atoms with Gasteiger partial charge in [-0.05, 0) is 73.0 Å². The van der Waals surface area contributed by atoms with E-state index in [4.69, 9.17) is 17.3 Å². The van der Waals surface area contributed by atoms with E-state index >= 15 is 0 Å². The number of halogens is 2. The number of piperidine rings is 1. The molecular formula is C25H24ClFN4O2. The van der Waals surface area contributed by atoms with E-state index in [1.54, 1.807) is 47.5 Å². The van der Waals surface area contributed by atoms with Crippen LogP contribution in [0.25, 0.3) is 0 Å². The fourth-order valence-corrected chi connectivity index (χ4v) is 4.05. The summed E-state index contributed by atoms with van der Waals surface area (Å²) < 4.78 is 13.5. The van der Waals surface area contributed by atoms with Crippen LogP contribution in [0.1, 0.15) is 28.8 Å². The molecule has 6 nitrogen and oxygen atoms in total. The molecule has 4 rings (SSSR count). The molecule has 0 spiro atoms. The van der Waals surface area contributed by atoms with Crippen molar-refractivity contribution >= 4 is 34.9 Å². The summed E-state index contributed by atoms with van der Waals surface area (Å²) in [5.74, 6) is -0.105. The molecule has 0 saturated carbocycles. The van der Waals surface area contributed by atoms with Gasteiger partial charge in [0.05, 0.1) is 6.54 Å². The number of nitrogens with two attached hydrogens (primary N) is 1. The maximum Gasteiger partial charge on any atom is 0.258 e. The highest BCUT2D eigenvalue weighted by Crippen LogP contribution is 2.24. The van der Waals surface area contributed by atoms with Crippen molar-refractivity contribution in [1.82, 2.24) is 4.98 Å². The first-order valence-electron chi connectivity index (χ1n) is 10.7. The van der Waals surface area contributed by atoms with Crippen molar-refractivity contribution < 1.29 is 14.0 Å². The van der Waals surface area contributed by atoms with Crippen LogP contribution < -0.4 is 15.5 Å². The lowest BCUT2D eigenvalue weighted by atomic mass is 9.96. The molecule has 8 heteroatoms. The highest BCUT2D eigenvalue weighted by Gasteiger charge is 2.24. The summed E-state index contributed by atoms with van der Waals surface area (Å²) in [5, 5.41) is 0.541. The number of nitrogens with zero attached hydrogens (tertiary/aromatic N) is 3. The minimum absolute atomic E-state index is 0.0799. The Bertz CT molecular complexity index is 1110. The molecule has 2 aromatic carbocycles. The topological polar surface area (TPSA) is 79.5 Å². The van der Waals surface area contributed by atoms with E-state index in [0.717, 1.165) is 24.5 Å². The number of amides is 2. The number of hydrogen-bond acceptors (Lipinski definition) is 4. The van der Waals surface area contributed by atoms with Crippen molar-refractivity contribution in [3.8, 4) is 0 Å². The van der Waals surface area contributed by atoms with Crippen LogP contribution in [0.2, 0.25) is 5.02 Å². The quantitative estimate of drug-likeness (QED) is 0.583. The molecule has 1 aromatic heterocycles. The van der Waals surface area contributed by atoms with Crippen molar-refractivity contribution in [2.45, 2.75) is 19.4 Å². The van der Waals surface area contributed by atoms with Crippen molar-refractivity contribution in [3.05, 3.63) is 88.8 Å². The zero-order chi connectivity index (χ0) is 23.4. The Balaban J connectivity index is 1.52. The van der Waals surface area contributed by atoms with E-state index in [0.29, 0.717) is 29.1 Å². The van der Waals surface area contributed by atoms with Gasteiger partial charge in [0.25, 0.3) is 5.91 Å². The molecule has 2 amide bonds. The van der Waals surface area contributed by atoms with Crippen LogP contribution in [-0.2, 0) is 11.3 Å². The van der Waals surface area contributed by atoms with Gasteiger partial charge in [0.1, 0.15) is 11.6 Å². The molecule has 33 heavy (non-hydrogen) atoms. The Hall–Kier alpha value is -3.45. The third-order valence-electron chi connectivity index (χ3n) is 5.85. The van der Waals surface area contributed by atoms with Crippen molar-refractivity contribution in [2.24, 2.45) is 11.7 Å². The number of rotatable bonds is 6. The van der Waals surface area contributed by atoms with Crippen LogP contribution in [0.4, 0.5) is 15.9 Å². The fraction of sp³-hybridized carbons (Fsp3) is 0.240. The third kappa shape index (κ3) is 5.49. The highest BCUT2D eigenvalue weighted by molar-refractivity contribution is 6.30. The maximum atomic E-state index is 13.5. The average Bonchev–Trinajstić information content (AvgIpc) is 2.84. The Kier molecular flexibility index (Phi) is 6.89. The fourth-order valence-electron chi connectivity index (χ4n) is 3.92. The zero-order valence-corrected chi connectivity index (χ0v) is 18.7. The molecule has 1 fully saturated rings. The summed E-state index contributed by atoms with van der Waals surface area (Å²) in [6, 6.07) is 16.3. The van der Waals surface area contributed by atoms with Crippen LogP contribution in [-0.4, -0.2) is 29.9 Å². The van der Waals surface area contributed by atoms with E-state index in [1.807, 2.05) is 12.1 Å². The molecule has 0 radical (unpaired) electrons. The van der Waals surface area contributed by atoms with Gasteiger partial charge in [0.15, 0.2) is 0 Å². The number of benzene rings is 2. The standard InChI is InChI=1S/C25H24ClFN4O2/c26-20-4-2-19(3-5-20)25(33)31(22-8-6-21(27)7-9-22)16-17-1-10-23(29-15-17)30-13-11-18(12-14-30)24(28)32/h1-10,15,18H,11-14,16H2,(H2,28,32). The maximum absolute atomic E-state index is 13.5. The number of primary amides is 1. The molecule has 2 N–H and O–H groups in total. The summed E-state index contributed by atoms with van der Waals surface area (Å²) in [5.41, 5.74) is 7.30. The van der Waals surface area contributed by atoms with Crippen molar-refractivity contribution in [3.63, 3.8) is 0 Å². The average molecular weight is 467 g/mol. The summed E-state index contributed by atoms with van der Waals surface area (Å²) in [4.78, 5) is 32.9. The minimum Gasteiger partial charge on any atom is -0.369 e. The van der Waals surface area contributed by atoms with Gasteiger partial charge in [0, 0.05) is 41.5 Å². The monoisotopic (exact) mass is 466 g/mol. The molecule has 0 aliphatic carbocycles. The predicted octanol–water partition coefficient (Wildman–Crippen LogP) is 4.42. The summed E-state index contributed by atoms with van der Waals surface area (Å²) in [7, 11) is 0. The lowest BCUT2D eigenvalue weighted by molar-refractivity contribution is -0.122. The molecule has 3 aromatic rings. The van der Waals surface area contributed by atoms with Crippen LogP contribution in [0, 0.1) is 11.7 Å². The molecule has 1 aliphatic rings. The first kappa shape index (κ1) is 22.7. The number of carbonyl (C=O) groups is 2. The minimum atomic E-state index is -0.372. The van der Waals surface area contributed by atoms with E-state index in [1.165, 1.54) is 12.1 Å². The number of anilines is 2. The van der Waals surface area contributed by atoms with Gasteiger partial charge in [-0.1, -0.05) is 17.7 Å². The van der Waals surface area contributed by atoms with Gasteiger partial charge in [-0.25, -0.2) is 9.37 Å². The molecule has 0 unspecified atom stereocenters. The summed E-state index contributed by atoms with van der Waals surface area (Å²) in [6.45, 7) is 1.71. The SMILES string of the molecule is NC(=O)C1CCN(c2ccc(CN(C(=O)c3ccc(Cl)cc3)c3ccc(F)cc3)cn2)CC1. The predicted molar refractivity (Wildman–Crippen MR) is 127 cm³/mol. The second kappa shape index (κ2) is 10.0. The third-order valence-corrected chi connectivity index (χ3v) is 6.10. The Morgan fingerprint density at radius 3 is 2.27 bits per heavy atom. The van der Waals surface area contributed by atoms with E-state index < -0.39 is 0 Å².